The van der Waals surface area contributed by atoms with Gasteiger partial charge in [0.2, 0.25) is 5.91 Å². The summed E-state index contributed by atoms with van der Waals surface area (Å²) in [6.07, 6.45) is 2.37. The van der Waals surface area contributed by atoms with Crippen LogP contribution in [-0.2, 0) is 20.8 Å². The summed E-state index contributed by atoms with van der Waals surface area (Å²) in [5.41, 5.74) is 2.25. The van der Waals surface area contributed by atoms with Gasteiger partial charge in [-0.05, 0) is 59.7 Å². The van der Waals surface area contributed by atoms with Crippen molar-refractivity contribution in [3.8, 4) is 11.5 Å². The molecule has 2 aromatic carbocycles. The summed E-state index contributed by atoms with van der Waals surface area (Å²) in [5.74, 6) is -1.68. The predicted octanol–water partition coefficient (Wildman–Crippen LogP) is 3.40. The quantitative estimate of drug-likeness (QED) is 0.535. The molecule has 1 fully saturated rings. The van der Waals surface area contributed by atoms with E-state index in [1.807, 2.05) is 19.1 Å². The number of ether oxygens (including phenoxy) is 2. The Kier molecular flexibility index (Phi) is 7.73. The zero-order valence-corrected chi connectivity index (χ0v) is 18.8. The Hall–Kier alpha value is -3.79. The number of aryl methyl sites for hydroxylation is 1. The van der Waals surface area contributed by atoms with Crippen LogP contribution in [0.1, 0.15) is 18.1 Å². The minimum Gasteiger partial charge on any atom is -0.493 e. The van der Waals surface area contributed by atoms with Gasteiger partial charge in [0, 0.05) is 5.69 Å². The van der Waals surface area contributed by atoms with Gasteiger partial charge in [0.25, 0.3) is 11.1 Å². The minimum absolute atomic E-state index is 0.154. The largest absolute Gasteiger partial charge is 0.493 e. The number of methoxy groups -OCH3 is 1. The molecule has 172 valence electrons. The molecule has 33 heavy (non-hydrogen) atoms. The Bertz CT molecular complexity index is 1110. The second-order valence-corrected chi connectivity index (χ2v) is 7.95. The molecule has 10 heteroatoms. The summed E-state index contributed by atoms with van der Waals surface area (Å²) in [6, 6.07) is 12.0. The number of aliphatic carboxylic acids is 1. The third-order valence-electron chi connectivity index (χ3n) is 4.66. The van der Waals surface area contributed by atoms with Crippen molar-refractivity contribution in [1.82, 2.24) is 4.90 Å². The molecule has 3 rings (SSSR count). The molecule has 1 heterocycles. The molecule has 0 bridgehead atoms. The highest BCUT2D eigenvalue weighted by molar-refractivity contribution is 8.18. The van der Waals surface area contributed by atoms with E-state index in [0.29, 0.717) is 11.3 Å². The topological polar surface area (TPSA) is 122 Å². The third kappa shape index (κ3) is 6.13. The SMILES string of the molecule is CCc1ccc(NC(=O)CN2C(=O)S/C(=C/c3ccc(OCC(=O)O)c(OC)c3)C2=O)cc1. The highest BCUT2D eigenvalue weighted by Crippen LogP contribution is 2.34. The number of hydrogen-bond donors (Lipinski definition) is 2. The van der Waals surface area contributed by atoms with Crippen molar-refractivity contribution in [1.29, 1.82) is 0 Å². The zero-order valence-electron chi connectivity index (χ0n) is 18.0. The van der Waals surface area contributed by atoms with E-state index in [0.717, 1.165) is 28.6 Å². The lowest BCUT2D eigenvalue weighted by Gasteiger charge is -2.12. The van der Waals surface area contributed by atoms with Gasteiger partial charge in [-0.25, -0.2) is 4.79 Å². The van der Waals surface area contributed by atoms with E-state index in [2.05, 4.69) is 5.32 Å². The minimum atomic E-state index is -1.13. The molecule has 1 saturated heterocycles. The molecule has 1 aliphatic heterocycles. The molecule has 0 saturated carbocycles. The summed E-state index contributed by atoms with van der Waals surface area (Å²) in [4.78, 5) is 49.1. The fourth-order valence-electron chi connectivity index (χ4n) is 2.99. The number of rotatable bonds is 9. The monoisotopic (exact) mass is 470 g/mol. The first-order valence-corrected chi connectivity index (χ1v) is 10.8. The van der Waals surface area contributed by atoms with Gasteiger partial charge >= 0.3 is 5.97 Å². The van der Waals surface area contributed by atoms with Crippen LogP contribution in [0.15, 0.2) is 47.4 Å². The molecule has 1 aliphatic rings. The summed E-state index contributed by atoms with van der Waals surface area (Å²) in [5, 5.41) is 10.9. The van der Waals surface area contributed by atoms with Crippen LogP contribution in [0, 0.1) is 0 Å². The average molecular weight is 471 g/mol. The van der Waals surface area contributed by atoms with Gasteiger partial charge in [0.05, 0.1) is 12.0 Å². The molecule has 0 unspecified atom stereocenters. The number of benzene rings is 2. The summed E-state index contributed by atoms with van der Waals surface area (Å²) >= 11 is 0.730. The van der Waals surface area contributed by atoms with E-state index in [9.17, 15) is 19.2 Å². The third-order valence-corrected chi connectivity index (χ3v) is 5.57. The van der Waals surface area contributed by atoms with Gasteiger partial charge < -0.3 is 19.9 Å². The number of amides is 3. The maximum Gasteiger partial charge on any atom is 0.341 e. The lowest BCUT2D eigenvalue weighted by molar-refractivity contribution is -0.139. The maximum atomic E-state index is 12.7. The van der Waals surface area contributed by atoms with Crippen molar-refractivity contribution >= 4 is 46.5 Å². The van der Waals surface area contributed by atoms with Gasteiger partial charge in [-0.15, -0.1) is 0 Å². The Balaban J connectivity index is 1.68. The van der Waals surface area contributed by atoms with Gasteiger partial charge in [0.1, 0.15) is 6.54 Å². The summed E-state index contributed by atoms with van der Waals surface area (Å²) in [6.45, 7) is 1.10. The van der Waals surface area contributed by atoms with Crippen molar-refractivity contribution in [2.45, 2.75) is 13.3 Å². The van der Waals surface area contributed by atoms with Crippen LogP contribution in [0.25, 0.3) is 6.08 Å². The number of nitrogens with zero attached hydrogens (tertiary/aromatic N) is 1. The van der Waals surface area contributed by atoms with Crippen molar-refractivity contribution in [2.24, 2.45) is 0 Å². The number of thioether (sulfide) groups is 1. The predicted molar refractivity (Wildman–Crippen MR) is 123 cm³/mol. The number of imide groups is 1. The summed E-state index contributed by atoms with van der Waals surface area (Å²) < 4.78 is 10.4. The lowest BCUT2D eigenvalue weighted by Crippen LogP contribution is -2.36. The van der Waals surface area contributed by atoms with Crippen molar-refractivity contribution in [3.05, 3.63) is 58.5 Å². The molecule has 0 radical (unpaired) electrons. The smallest absolute Gasteiger partial charge is 0.341 e. The van der Waals surface area contributed by atoms with Crippen LogP contribution >= 0.6 is 11.8 Å². The normalized spacial score (nSPS) is 14.5. The Labute approximate surface area is 194 Å². The number of carboxylic acid groups (broad SMARTS) is 1. The number of carbonyl (C=O) groups excluding carboxylic acids is 3. The lowest BCUT2D eigenvalue weighted by atomic mass is 10.1. The highest BCUT2D eigenvalue weighted by Gasteiger charge is 2.36. The first-order valence-electron chi connectivity index (χ1n) is 9.97. The molecular formula is C23H22N2O7S. The van der Waals surface area contributed by atoms with Crippen molar-refractivity contribution < 1.29 is 33.8 Å². The Morgan fingerprint density at radius 3 is 2.48 bits per heavy atom. The van der Waals surface area contributed by atoms with Gasteiger partial charge in [-0.3, -0.25) is 19.3 Å². The molecule has 0 spiro atoms. The van der Waals surface area contributed by atoms with E-state index >= 15 is 0 Å². The standard InChI is InChI=1S/C23H22N2O7S/c1-3-14-4-7-16(8-5-14)24-20(26)12-25-22(29)19(33-23(25)30)11-15-6-9-17(18(10-15)31-2)32-13-21(27)28/h4-11H,3,12-13H2,1-2H3,(H,24,26)(H,27,28)/b19-11+. The number of carbonyl (C=O) groups is 4. The van der Waals surface area contributed by atoms with Gasteiger partial charge in [0.15, 0.2) is 18.1 Å². The van der Waals surface area contributed by atoms with E-state index in [-0.39, 0.29) is 16.4 Å². The van der Waals surface area contributed by atoms with Gasteiger partial charge in [-0.1, -0.05) is 25.1 Å². The highest BCUT2D eigenvalue weighted by atomic mass is 32.2. The molecule has 3 amide bonds. The maximum absolute atomic E-state index is 12.7. The number of carboxylic acids is 1. The second kappa shape index (κ2) is 10.7. The Morgan fingerprint density at radius 2 is 1.85 bits per heavy atom. The van der Waals surface area contributed by atoms with Gasteiger partial charge in [-0.2, -0.15) is 0 Å². The van der Waals surface area contributed by atoms with Crippen LogP contribution in [0.3, 0.4) is 0 Å². The van der Waals surface area contributed by atoms with Crippen molar-refractivity contribution in [3.63, 3.8) is 0 Å². The molecule has 2 aromatic rings. The Morgan fingerprint density at radius 1 is 1.12 bits per heavy atom. The summed E-state index contributed by atoms with van der Waals surface area (Å²) in [7, 11) is 1.40. The van der Waals surface area contributed by atoms with Crippen LogP contribution in [0.4, 0.5) is 10.5 Å². The first kappa shape index (κ1) is 23.9. The zero-order chi connectivity index (χ0) is 24.0. The van der Waals surface area contributed by atoms with Crippen LogP contribution in [-0.4, -0.2) is 53.3 Å². The molecule has 2 N–H and O–H groups in total. The number of anilines is 1. The fraction of sp³-hybridized carbons (Fsp3) is 0.217. The van der Waals surface area contributed by atoms with Crippen LogP contribution in [0.2, 0.25) is 0 Å². The van der Waals surface area contributed by atoms with E-state index < -0.39 is 36.2 Å². The average Bonchev–Trinajstić information content (AvgIpc) is 3.05. The molecule has 9 nitrogen and oxygen atoms in total. The number of nitrogens with one attached hydrogen (secondary N) is 1. The van der Waals surface area contributed by atoms with E-state index in [4.69, 9.17) is 14.6 Å². The number of hydrogen-bond acceptors (Lipinski definition) is 7. The van der Waals surface area contributed by atoms with Crippen molar-refractivity contribution in [2.75, 3.05) is 25.6 Å². The van der Waals surface area contributed by atoms with E-state index in [1.54, 1.807) is 24.3 Å². The van der Waals surface area contributed by atoms with E-state index in [1.165, 1.54) is 19.3 Å². The molecule has 0 aromatic heterocycles. The molecule has 0 aliphatic carbocycles. The first-order chi connectivity index (χ1) is 15.8. The van der Waals surface area contributed by atoms with Crippen LogP contribution in [0.5, 0.6) is 11.5 Å². The second-order valence-electron chi connectivity index (χ2n) is 6.96. The van der Waals surface area contributed by atoms with Crippen LogP contribution < -0.4 is 14.8 Å². The molecular weight excluding hydrogens is 448 g/mol. The fourth-order valence-corrected chi connectivity index (χ4v) is 3.83. The molecule has 0 atom stereocenters.